The lowest BCUT2D eigenvalue weighted by Gasteiger charge is -2.16. The molecule has 1 saturated carbocycles. The highest BCUT2D eigenvalue weighted by Gasteiger charge is 2.41. The molecule has 1 aromatic carbocycles. The number of aliphatic hydroxyl groups excluding tert-OH is 1. The van der Waals surface area contributed by atoms with Crippen LogP contribution in [0.3, 0.4) is 0 Å². The average Bonchev–Trinajstić information content (AvgIpc) is 3.02. The van der Waals surface area contributed by atoms with Gasteiger partial charge in [-0.3, -0.25) is 0 Å². The number of nitrogens with two attached hydrogens (primary N) is 1. The summed E-state index contributed by atoms with van der Waals surface area (Å²) in [5.41, 5.74) is 6.63. The molecule has 0 radical (unpaired) electrons. The third kappa shape index (κ3) is 2.27. The summed E-state index contributed by atoms with van der Waals surface area (Å²) >= 11 is 0. The number of rotatable bonds is 5. The molecule has 1 aliphatic carbocycles. The van der Waals surface area contributed by atoms with Crippen LogP contribution < -0.4 is 11.1 Å². The highest BCUT2D eigenvalue weighted by atomic mass is 19.1. The number of hydrogen-bond donors (Lipinski definition) is 3. The predicted octanol–water partition coefficient (Wildman–Crippen LogP) is 1.98. The summed E-state index contributed by atoms with van der Waals surface area (Å²) in [5.74, 6) is -0.392. The molecule has 0 aromatic heterocycles. The van der Waals surface area contributed by atoms with Crippen LogP contribution in [0.15, 0.2) is 18.2 Å². The molecule has 1 aliphatic rings. The fourth-order valence-corrected chi connectivity index (χ4v) is 1.90. The predicted molar refractivity (Wildman–Crippen MR) is 62.7 cm³/mol. The lowest BCUT2D eigenvalue weighted by atomic mass is 10.0. The summed E-state index contributed by atoms with van der Waals surface area (Å²) in [6.07, 6.45) is 3.04. The van der Waals surface area contributed by atoms with Crippen LogP contribution in [0, 0.1) is 11.2 Å². The van der Waals surface area contributed by atoms with Gasteiger partial charge >= 0.3 is 0 Å². The van der Waals surface area contributed by atoms with E-state index in [-0.39, 0.29) is 17.7 Å². The largest absolute Gasteiger partial charge is 0.396 e. The van der Waals surface area contributed by atoms with Gasteiger partial charge in [0.1, 0.15) is 5.82 Å². The first-order chi connectivity index (χ1) is 7.67. The van der Waals surface area contributed by atoms with Crippen LogP contribution >= 0.6 is 0 Å². The van der Waals surface area contributed by atoms with Crippen LogP contribution in [0.5, 0.6) is 0 Å². The highest BCUT2D eigenvalue weighted by molar-refractivity contribution is 5.66. The zero-order valence-electron chi connectivity index (χ0n) is 9.17. The molecule has 0 aliphatic heterocycles. The number of nitrogen functional groups attached to an aromatic ring is 1. The van der Waals surface area contributed by atoms with Gasteiger partial charge in [0.25, 0.3) is 0 Å². The van der Waals surface area contributed by atoms with E-state index < -0.39 is 5.82 Å². The van der Waals surface area contributed by atoms with Crippen molar-refractivity contribution in [2.45, 2.75) is 19.3 Å². The van der Waals surface area contributed by atoms with Gasteiger partial charge in [-0.15, -0.1) is 0 Å². The van der Waals surface area contributed by atoms with Gasteiger partial charge < -0.3 is 16.2 Å². The van der Waals surface area contributed by atoms with Crippen LogP contribution in [0.1, 0.15) is 19.3 Å². The Balaban J connectivity index is 1.97. The second-order valence-electron chi connectivity index (χ2n) is 4.53. The Morgan fingerprint density at radius 1 is 1.44 bits per heavy atom. The van der Waals surface area contributed by atoms with E-state index in [1.807, 2.05) is 0 Å². The molecule has 0 saturated heterocycles. The van der Waals surface area contributed by atoms with Crippen LogP contribution in [-0.2, 0) is 0 Å². The van der Waals surface area contributed by atoms with Gasteiger partial charge in [0.2, 0.25) is 0 Å². The third-order valence-corrected chi connectivity index (χ3v) is 3.31. The Kier molecular flexibility index (Phi) is 3.01. The van der Waals surface area contributed by atoms with E-state index in [4.69, 9.17) is 10.8 Å². The SMILES string of the molecule is Nc1c(F)cccc1NCC1(CCO)CC1. The smallest absolute Gasteiger partial charge is 0.148 e. The second kappa shape index (κ2) is 4.29. The minimum absolute atomic E-state index is 0.169. The molecule has 0 spiro atoms. The molecular formula is C12H17FN2O. The maximum atomic E-state index is 13.2. The number of anilines is 2. The molecule has 0 atom stereocenters. The van der Waals surface area contributed by atoms with E-state index in [1.165, 1.54) is 6.07 Å². The van der Waals surface area contributed by atoms with Crippen LogP contribution in [0.2, 0.25) is 0 Å². The summed E-state index contributed by atoms with van der Waals surface area (Å²) in [6, 6.07) is 4.76. The minimum Gasteiger partial charge on any atom is -0.396 e. The summed E-state index contributed by atoms with van der Waals surface area (Å²) < 4.78 is 13.2. The first kappa shape index (κ1) is 11.2. The zero-order valence-corrected chi connectivity index (χ0v) is 9.17. The first-order valence-electron chi connectivity index (χ1n) is 5.56. The van der Waals surface area contributed by atoms with E-state index in [0.717, 1.165) is 25.8 Å². The van der Waals surface area contributed by atoms with E-state index in [9.17, 15) is 4.39 Å². The summed E-state index contributed by atoms with van der Waals surface area (Å²) in [5, 5.41) is 12.1. The standard InChI is InChI=1S/C12H17FN2O/c13-9-2-1-3-10(11(9)14)15-8-12(4-5-12)6-7-16/h1-3,15-16H,4-8,14H2. The van der Waals surface area contributed by atoms with Gasteiger partial charge in [-0.05, 0) is 36.8 Å². The topological polar surface area (TPSA) is 58.3 Å². The van der Waals surface area contributed by atoms with Gasteiger partial charge in [0.15, 0.2) is 0 Å². The van der Waals surface area contributed by atoms with Crippen molar-refractivity contribution >= 4 is 11.4 Å². The summed E-state index contributed by atoms with van der Waals surface area (Å²) in [6.45, 7) is 0.960. The average molecular weight is 224 g/mol. The van der Waals surface area contributed by atoms with Crippen molar-refractivity contribution in [1.29, 1.82) is 0 Å². The molecule has 1 aromatic rings. The van der Waals surface area contributed by atoms with Crippen molar-refractivity contribution < 1.29 is 9.50 Å². The molecule has 0 unspecified atom stereocenters. The molecule has 4 N–H and O–H groups in total. The van der Waals surface area contributed by atoms with Gasteiger partial charge in [-0.25, -0.2) is 4.39 Å². The quantitative estimate of drug-likeness (QED) is 0.670. The maximum Gasteiger partial charge on any atom is 0.148 e. The van der Waals surface area contributed by atoms with Gasteiger partial charge in [0.05, 0.1) is 11.4 Å². The molecular weight excluding hydrogens is 207 g/mol. The van der Waals surface area contributed by atoms with Crippen molar-refractivity contribution in [3.8, 4) is 0 Å². The van der Waals surface area contributed by atoms with Crippen molar-refractivity contribution in [2.75, 3.05) is 24.2 Å². The minimum atomic E-state index is -0.392. The summed E-state index contributed by atoms with van der Waals surface area (Å²) in [7, 11) is 0. The fraction of sp³-hybridized carbons (Fsp3) is 0.500. The Bertz CT molecular complexity index is 377. The Hall–Kier alpha value is -1.29. The Morgan fingerprint density at radius 3 is 2.81 bits per heavy atom. The van der Waals surface area contributed by atoms with Crippen LogP contribution in [0.4, 0.5) is 15.8 Å². The van der Waals surface area contributed by atoms with E-state index >= 15 is 0 Å². The molecule has 0 bridgehead atoms. The molecule has 2 rings (SSSR count). The van der Waals surface area contributed by atoms with Crippen LogP contribution in [0.25, 0.3) is 0 Å². The molecule has 16 heavy (non-hydrogen) atoms. The molecule has 3 nitrogen and oxygen atoms in total. The first-order valence-corrected chi connectivity index (χ1v) is 5.56. The number of hydrogen-bond acceptors (Lipinski definition) is 3. The second-order valence-corrected chi connectivity index (χ2v) is 4.53. The van der Waals surface area contributed by atoms with Crippen molar-refractivity contribution in [1.82, 2.24) is 0 Å². The lowest BCUT2D eigenvalue weighted by molar-refractivity contribution is 0.253. The number of para-hydroxylation sites is 1. The van der Waals surface area contributed by atoms with Gasteiger partial charge in [0, 0.05) is 13.2 Å². The van der Waals surface area contributed by atoms with Gasteiger partial charge in [-0.1, -0.05) is 6.07 Å². The zero-order chi connectivity index (χ0) is 11.6. The lowest BCUT2D eigenvalue weighted by Crippen LogP contribution is -2.17. The van der Waals surface area contributed by atoms with E-state index in [2.05, 4.69) is 5.32 Å². The molecule has 88 valence electrons. The third-order valence-electron chi connectivity index (χ3n) is 3.31. The summed E-state index contributed by atoms with van der Waals surface area (Å²) in [4.78, 5) is 0. The van der Waals surface area contributed by atoms with Crippen molar-refractivity contribution in [3.05, 3.63) is 24.0 Å². The van der Waals surface area contributed by atoms with E-state index in [1.54, 1.807) is 12.1 Å². The normalized spacial score (nSPS) is 17.1. The molecule has 4 heteroatoms. The Labute approximate surface area is 94.5 Å². The van der Waals surface area contributed by atoms with Crippen molar-refractivity contribution in [2.24, 2.45) is 5.41 Å². The number of nitrogens with one attached hydrogen (secondary N) is 1. The van der Waals surface area contributed by atoms with E-state index in [0.29, 0.717) is 5.69 Å². The fourth-order valence-electron chi connectivity index (χ4n) is 1.90. The highest BCUT2D eigenvalue weighted by Crippen LogP contribution is 2.48. The number of benzene rings is 1. The van der Waals surface area contributed by atoms with Crippen molar-refractivity contribution in [3.63, 3.8) is 0 Å². The molecule has 0 amide bonds. The number of aliphatic hydroxyl groups is 1. The molecule has 1 fully saturated rings. The monoisotopic (exact) mass is 224 g/mol. The Morgan fingerprint density at radius 2 is 2.19 bits per heavy atom. The molecule has 0 heterocycles. The van der Waals surface area contributed by atoms with Crippen LogP contribution in [-0.4, -0.2) is 18.3 Å². The maximum absolute atomic E-state index is 13.2. The van der Waals surface area contributed by atoms with Gasteiger partial charge in [-0.2, -0.15) is 0 Å². The number of halogens is 1.